The number of nitriles is 1. The molecule has 6 atom stereocenters. The number of hydrogen-bond acceptors (Lipinski definition) is 8. The number of nitrogens with zero attached hydrogens (tertiary/aromatic N) is 5. The van der Waals surface area contributed by atoms with Crippen molar-refractivity contribution in [1.29, 1.82) is 5.26 Å². The molecule has 1 aromatic heterocycles. The molecule has 3 aromatic rings. The maximum absolute atomic E-state index is 14.0. The third-order valence-corrected chi connectivity index (χ3v) is 9.48. The van der Waals surface area contributed by atoms with Crippen LogP contribution >= 0.6 is 11.6 Å². The summed E-state index contributed by atoms with van der Waals surface area (Å²) in [5, 5.41) is 33.5. The lowest BCUT2D eigenvalue weighted by atomic mass is 9.60. The number of para-hydroxylation sites is 1. The monoisotopic (exact) mass is 574 g/mol. The van der Waals surface area contributed by atoms with Crippen molar-refractivity contribution in [3.8, 4) is 17.5 Å². The van der Waals surface area contributed by atoms with E-state index < -0.39 is 29.4 Å². The lowest BCUT2D eigenvalue weighted by Crippen LogP contribution is -2.61. The van der Waals surface area contributed by atoms with Crippen molar-refractivity contribution in [2.24, 2.45) is 17.8 Å². The molecule has 0 spiro atoms. The molecular weight excluding hydrogens is 544 g/mol. The number of benzene rings is 2. The quantitative estimate of drug-likeness (QED) is 0.337. The third-order valence-electron chi connectivity index (χ3n) is 9.24. The van der Waals surface area contributed by atoms with E-state index in [0.29, 0.717) is 55.2 Å². The zero-order valence-corrected chi connectivity index (χ0v) is 23.4. The molecule has 41 heavy (non-hydrogen) atoms. The van der Waals surface area contributed by atoms with Crippen molar-refractivity contribution in [2.45, 2.75) is 49.8 Å². The average Bonchev–Trinajstić information content (AvgIpc) is 3.57. The fraction of sp³-hybridized carbons (Fsp3) is 0.433. The van der Waals surface area contributed by atoms with Crippen LogP contribution in [0.2, 0.25) is 5.02 Å². The molecule has 2 fully saturated rings. The number of likely N-dealkylation sites (tertiary alicyclic amines) is 1. The molecule has 2 N–H and O–H groups in total. The SMILES string of the molecule is COC(=O)[C@@H]1C2CC([C@@]3(CCn4cc(-c5cccc(Cl)c5)nn4)C(=O)Nc4ccccc43)N(C#N)C[C@@H]2CC[C@@H]1O. The van der Waals surface area contributed by atoms with Gasteiger partial charge in [0, 0.05) is 29.4 Å². The predicted octanol–water partition coefficient (Wildman–Crippen LogP) is 3.61. The van der Waals surface area contributed by atoms with Crippen molar-refractivity contribution in [3.05, 3.63) is 65.3 Å². The maximum atomic E-state index is 14.0. The number of nitrogens with one attached hydrogen (secondary N) is 1. The number of hydrogen-bond donors (Lipinski definition) is 2. The van der Waals surface area contributed by atoms with Crippen LogP contribution in [0, 0.1) is 29.2 Å². The van der Waals surface area contributed by atoms with E-state index in [1.807, 2.05) is 48.7 Å². The molecule has 1 saturated carbocycles. The Kier molecular flexibility index (Phi) is 7.18. The molecule has 3 heterocycles. The van der Waals surface area contributed by atoms with Gasteiger partial charge < -0.3 is 20.1 Å². The van der Waals surface area contributed by atoms with Crippen LogP contribution in [-0.4, -0.2) is 62.7 Å². The Balaban J connectivity index is 1.37. The van der Waals surface area contributed by atoms with E-state index in [4.69, 9.17) is 16.3 Å². The van der Waals surface area contributed by atoms with Gasteiger partial charge >= 0.3 is 5.97 Å². The second kappa shape index (κ2) is 10.8. The number of carbonyl (C=O) groups is 2. The van der Waals surface area contributed by atoms with Gasteiger partial charge in [-0.05, 0) is 61.3 Å². The second-order valence-electron chi connectivity index (χ2n) is 11.2. The topological polar surface area (TPSA) is 133 Å². The van der Waals surface area contributed by atoms with E-state index in [9.17, 15) is 20.0 Å². The normalized spacial score (nSPS) is 28.8. The number of esters is 1. The highest BCUT2D eigenvalue weighted by molar-refractivity contribution is 6.30. The number of aryl methyl sites for hydroxylation is 1. The molecule has 3 aliphatic rings. The number of ether oxygens (including phenoxy) is 1. The summed E-state index contributed by atoms with van der Waals surface area (Å²) in [5.41, 5.74) is 1.93. The Morgan fingerprint density at radius 3 is 2.88 bits per heavy atom. The molecule has 0 bridgehead atoms. The third kappa shape index (κ3) is 4.63. The molecule has 10 nitrogen and oxygen atoms in total. The van der Waals surface area contributed by atoms with Crippen LogP contribution in [0.15, 0.2) is 54.7 Å². The van der Waals surface area contributed by atoms with Crippen molar-refractivity contribution in [1.82, 2.24) is 19.9 Å². The van der Waals surface area contributed by atoms with Crippen LogP contribution in [0.3, 0.4) is 0 Å². The highest BCUT2D eigenvalue weighted by Crippen LogP contribution is 2.51. The minimum absolute atomic E-state index is 0.0331. The summed E-state index contributed by atoms with van der Waals surface area (Å²) in [6, 6.07) is 14.4. The Hall–Kier alpha value is -3.94. The Morgan fingerprint density at radius 1 is 1.27 bits per heavy atom. The first-order chi connectivity index (χ1) is 19.8. The number of halogens is 1. The number of anilines is 1. The predicted molar refractivity (Wildman–Crippen MR) is 150 cm³/mol. The number of amides is 1. The average molecular weight is 575 g/mol. The number of rotatable bonds is 6. The molecular formula is C30H31ClN6O4. The number of aliphatic hydroxyl groups excluding tert-OH is 1. The van der Waals surface area contributed by atoms with Gasteiger partial charge in [-0.1, -0.05) is 47.1 Å². The molecule has 2 aliphatic heterocycles. The smallest absolute Gasteiger partial charge is 0.311 e. The first-order valence-electron chi connectivity index (χ1n) is 13.8. The van der Waals surface area contributed by atoms with Crippen molar-refractivity contribution < 1.29 is 19.4 Å². The molecule has 1 amide bonds. The van der Waals surface area contributed by atoms with Gasteiger partial charge in [0.05, 0.1) is 36.8 Å². The molecule has 11 heteroatoms. The Labute approximate surface area is 242 Å². The largest absolute Gasteiger partial charge is 0.469 e. The fourth-order valence-corrected chi connectivity index (χ4v) is 7.49. The molecule has 0 radical (unpaired) electrons. The molecule has 6 rings (SSSR count). The van der Waals surface area contributed by atoms with Gasteiger partial charge in [0.1, 0.15) is 5.69 Å². The first kappa shape index (κ1) is 27.2. The van der Waals surface area contributed by atoms with E-state index in [0.717, 1.165) is 11.1 Å². The van der Waals surface area contributed by atoms with Crippen LogP contribution in [-0.2, 0) is 26.3 Å². The van der Waals surface area contributed by atoms with Crippen molar-refractivity contribution in [2.75, 3.05) is 19.0 Å². The zero-order chi connectivity index (χ0) is 28.7. The lowest BCUT2D eigenvalue weighted by molar-refractivity contribution is -0.160. The standard InChI is InChI=1S/C30H31ClN6O4/c1-41-28(39)27-21-14-26(36(17-32)15-19(21)9-10-25(27)38)30(22-7-2-3-8-23(22)33-29(30)40)11-12-37-16-24(34-35-37)18-5-4-6-20(31)13-18/h2-8,13,16,19,21,25-27,38H,9-12,14-15H2,1H3,(H,33,40)/t19-,21?,25-,26?,27+,30-/m0/s1. The Morgan fingerprint density at radius 2 is 2.10 bits per heavy atom. The van der Waals surface area contributed by atoms with Crippen LogP contribution in [0.1, 0.15) is 31.2 Å². The summed E-state index contributed by atoms with van der Waals surface area (Å²) in [4.78, 5) is 28.6. The molecule has 1 saturated heterocycles. The van der Waals surface area contributed by atoms with Gasteiger partial charge in [0.25, 0.3) is 0 Å². The van der Waals surface area contributed by atoms with Gasteiger partial charge in [-0.15, -0.1) is 5.10 Å². The summed E-state index contributed by atoms with van der Waals surface area (Å²) < 4.78 is 6.80. The summed E-state index contributed by atoms with van der Waals surface area (Å²) in [5.74, 6) is -1.53. The van der Waals surface area contributed by atoms with Gasteiger partial charge in [-0.3, -0.25) is 14.3 Å². The summed E-state index contributed by atoms with van der Waals surface area (Å²) in [6.07, 6.45) is 5.28. The van der Waals surface area contributed by atoms with Crippen molar-refractivity contribution in [3.63, 3.8) is 0 Å². The summed E-state index contributed by atoms with van der Waals surface area (Å²) >= 11 is 6.17. The fourth-order valence-electron chi connectivity index (χ4n) is 7.29. The van der Waals surface area contributed by atoms with E-state index >= 15 is 0 Å². The number of aliphatic hydroxyl groups is 1. The second-order valence-corrected chi connectivity index (χ2v) is 11.7. The number of aromatic nitrogens is 3. The number of fused-ring (bicyclic) bond motifs is 2. The van der Waals surface area contributed by atoms with Crippen LogP contribution < -0.4 is 5.32 Å². The molecule has 1 aliphatic carbocycles. The van der Waals surface area contributed by atoms with E-state index in [2.05, 4.69) is 21.8 Å². The highest BCUT2D eigenvalue weighted by atomic mass is 35.5. The van der Waals surface area contributed by atoms with E-state index in [1.54, 1.807) is 15.6 Å². The molecule has 2 unspecified atom stereocenters. The lowest BCUT2D eigenvalue weighted by Gasteiger charge is -2.52. The minimum atomic E-state index is -1.09. The van der Waals surface area contributed by atoms with Gasteiger partial charge in [-0.2, -0.15) is 5.26 Å². The number of methoxy groups -OCH3 is 1. The molecule has 2 aromatic carbocycles. The number of carbonyl (C=O) groups excluding carboxylic acids is 2. The maximum Gasteiger partial charge on any atom is 0.311 e. The zero-order valence-electron chi connectivity index (χ0n) is 22.6. The highest BCUT2D eigenvalue weighted by Gasteiger charge is 2.58. The number of piperidine rings is 1. The van der Waals surface area contributed by atoms with E-state index in [1.165, 1.54) is 7.11 Å². The van der Waals surface area contributed by atoms with Crippen LogP contribution in [0.5, 0.6) is 0 Å². The summed E-state index contributed by atoms with van der Waals surface area (Å²) in [6.45, 7) is 0.772. The van der Waals surface area contributed by atoms with Gasteiger partial charge in [0.15, 0.2) is 6.19 Å². The van der Waals surface area contributed by atoms with Gasteiger partial charge in [-0.25, -0.2) is 0 Å². The van der Waals surface area contributed by atoms with Crippen LogP contribution in [0.4, 0.5) is 5.69 Å². The van der Waals surface area contributed by atoms with E-state index in [-0.39, 0.29) is 17.7 Å². The Bertz CT molecular complexity index is 1520. The van der Waals surface area contributed by atoms with Crippen molar-refractivity contribution >= 4 is 29.2 Å². The van der Waals surface area contributed by atoms with Gasteiger partial charge in [0.2, 0.25) is 5.91 Å². The molecule has 212 valence electrons. The minimum Gasteiger partial charge on any atom is -0.469 e. The van der Waals surface area contributed by atoms with Crippen LogP contribution in [0.25, 0.3) is 11.3 Å². The summed E-state index contributed by atoms with van der Waals surface area (Å²) in [7, 11) is 1.33. The first-order valence-corrected chi connectivity index (χ1v) is 14.2.